The molecular formula is C39H53F2N9O6. The quantitative estimate of drug-likeness (QED) is 0.194. The molecule has 5 heterocycles. The van der Waals surface area contributed by atoms with Crippen molar-refractivity contribution in [1.82, 2.24) is 40.4 Å². The van der Waals surface area contributed by atoms with Crippen molar-refractivity contribution in [3.8, 4) is 11.3 Å². The maximum Gasteiger partial charge on any atom is 0.407 e. The molecule has 3 aliphatic heterocycles. The number of hydrogen-bond acceptors (Lipinski definition) is 9. The van der Waals surface area contributed by atoms with Gasteiger partial charge in [0, 0.05) is 49.6 Å². The van der Waals surface area contributed by atoms with Crippen LogP contribution in [0.25, 0.3) is 11.3 Å². The van der Waals surface area contributed by atoms with Crippen molar-refractivity contribution in [2.45, 2.75) is 96.3 Å². The highest BCUT2D eigenvalue weighted by Gasteiger charge is 2.39. The molecule has 0 bridgehead atoms. The number of alkyl carbamates (subject to hydrolysis) is 2. The van der Waals surface area contributed by atoms with Gasteiger partial charge in [-0.1, -0.05) is 27.7 Å². The number of benzene rings is 1. The number of piperidine rings is 1. The minimum absolute atomic E-state index is 0.0805. The first-order valence-electron chi connectivity index (χ1n) is 19.4. The average molecular weight is 782 g/mol. The maximum atomic E-state index is 15.8. The first-order valence-corrected chi connectivity index (χ1v) is 19.4. The number of imidazole rings is 2. The average Bonchev–Trinajstić information content (AvgIpc) is 4.01. The Labute approximate surface area is 325 Å². The van der Waals surface area contributed by atoms with Crippen LogP contribution in [0.4, 0.5) is 24.1 Å². The predicted molar refractivity (Wildman–Crippen MR) is 202 cm³/mol. The van der Waals surface area contributed by atoms with Gasteiger partial charge in [-0.3, -0.25) is 9.59 Å². The summed E-state index contributed by atoms with van der Waals surface area (Å²) in [6.45, 7) is 9.32. The van der Waals surface area contributed by atoms with Crippen molar-refractivity contribution in [3.63, 3.8) is 0 Å². The van der Waals surface area contributed by atoms with Crippen molar-refractivity contribution >= 4 is 29.7 Å². The van der Waals surface area contributed by atoms with Crippen LogP contribution in [0, 0.1) is 23.5 Å². The second-order valence-corrected chi connectivity index (χ2v) is 15.6. The Bertz CT molecular complexity index is 1870. The molecule has 15 nitrogen and oxygen atoms in total. The van der Waals surface area contributed by atoms with E-state index in [1.54, 1.807) is 20.9 Å². The lowest BCUT2D eigenvalue weighted by Gasteiger charge is -2.33. The third-order valence-corrected chi connectivity index (χ3v) is 11.3. The van der Waals surface area contributed by atoms with E-state index in [1.165, 1.54) is 32.5 Å². The smallest absolute Gasteiger partial charge is 0.407 e. The molecule has 0 saturated carbocycles. The van der Waals surface area contributed by atoms with Crippen LogP contribution < -0.4 is 15.5 Å². The van der Waals surface area contributed by atoms with Gasteiger partial charge >= 0.3 is 12.2 Å². The van der Waals surface area contributed by atoms with Gasteiger partial charge in [0.15, 0.2) is 0 Å². The van der Waals surface area contributed by atoms with Gasteiger partial charge in [0.2, 0.25) is 11.8 Å². The van der Waals surface area contributed by atoms with Crippen LogP contribution in [0.15, 0.2) is 24.5 Å². The zero-order valence-electron chi connectivity index (χ0n) is 32.9. The minimum atomic E-state index is -0.780. The summed E-state index contributed by atoms with van der Waals surface area (Å²) in [5.41, 5.74) is 1.56. The molecule has 4 atom stereocenters. The van der Waals surface area contributed by atoms with E-state index in [1.807, 2.05) is 27.7 Å². The van der Waals surface area contributed by atoms with Crippen LogP contribution in [0.3, 0.4) is 0 Å². The molecule has 6 rings (SSSR count). The normalized spacial score (nSPS) is 20.1. The van der Waals surface area contributed by atoms with E-state index >= 15 is 8.78 Å². The van der Waals surface area contributed by atoms with Crippen molar-refractivity contribution in [1.29, 1.82) is 0 Å². The summed E-state index contributed by atoms with van der Waals surface area (Å²) in [5, 5.41) is 5.30. The van der Waals surface area contributed by atoms with E-state index in [2.05, 4.69) is 30.6 Å². The lowest BCUT2D eigenvalue weighted by molar-refractivity contribution is -0.136. The van der Waals surface area contributed by atoms with Gasteiger partial charge in [0.25, 0.3) is 0 Å². The number of carbonyl (C=O) groups is 4. The fraction of sp³-hybridized carbons (Fsp3) is 0.590. The monoisotopic (exact) mass is 781 g/mol. The molecule has 56 heavy (non-hydrogen) atoms. The maximum absolute atomic E-state index is 15.8. The number of methoxy groups -OCH3 is 2. The Morgan fingerprint density at radius 2 is 1.21 bits per heavy atom. The number of aromatic nitrogens is 4. The number of ether oxygens (including phenoxy) is 2. The van der Waals surface area contributed by atoms with Gasteiger partial charge in [-0.25, -0.2) is 28.3 Å². The van der Waals surface area contributed by atoms with Crippen LogP contribution in [0.5, 0.6) is 0 Å². The van der Waals surface area contributed by atoms with E-state index in [0.717, 1.165) is 25.0 Å². The Morgan fingerprint density at radius 3 is 1.70 bits per heavy atom. The number of H-pyrrole nitrogens is 2. The molecule has 304 valence electrons. The third-order valence-electron chi connectivity index (χ3n) is 11.3. The standard InChI is InChI=1S/C39H53F2N9O6/c1-21(2)31(46-38(53)55-5)36(51)49-13-7-9-29(49)34-42-19-27(44-34)23-11-15-48(16-12-23)33-25(40)17-24(18-26(33)41)28-20-43-35(45-28)30-10-8-14-50(30)37(52)32(22(3)4)47-39(54)56-6/h17-23,29-32H,7-16H2,1-6H3,(H,42,44)(H,43,45)(H,46,53)(H,47,54)/t29-,30-,31+,32+/m0/s1. The van der Waals surface area contributed by atoms with Crippen LogP contribution in [0.1, 0.15) is 102 Å². The topological polar surface area (TPSA) is 178 Å². The van der Waals surface area contributed by atoms with Gasteiger partial charge in [-0.15, -0.1) is 0 Å². The van der Waals surface area contributed by atoms with Gasteiger partial charge in [-0.05, 0) is 62.5 Å². The fourth-order valence-corrected chi connectivity index (χ4v) is 8.20. The first kappa shape index (κ1) is 40.4. The second kappa shape index (κ2) is 17.3. The molecule has 1 aromatic carbocycles. The highest BCUT2D eigenvalue weighted by Crippen LogP contribution is 2.38. The van der Waals surface area contributed by atoms with Gasteiger partial charge in [0.1, 0.15) is 41.1 Å². The summed E-state index contributed by atoms with van der Waals surface area (Å²) in [4.78, 5) is 71.9. The molecule has 3 aliphatic rings. The number of likely N-dealkylation sites (tertiary alicyclic amines) is 2. The Morgan fingerprint density at radius 1 is 0.732 bits per heavy atom. The number of amides is 4. The van der Waals surface area contributed by atoms with Crippen molar-refractivity contribution in [3.05, 3.63) is 53.5 Å². The summed E-state index contributed by atoms with van der Waals surface area (Å²) >= 11 is 0. The molecule has 3 fully saturated rings. The molecule has 3 aromatic rings. The molecule has 4 amide bonds. The van der Waals surface area contributed by atoms with Crippen LogP contribution >= 0.6 is 0 Å². The van der Waals surface area contributed by atoms with E-state index in [9.17, 15) is 19.2 Å². The van der Waals surface area contributed by atoms with Gasteiger partial charge in [0.05, 0.1) is 38.2 Å². The Kier molecular flexibility index (Phi) is 12.5. The van der Waals surface area contributed by atoms with E-state index in [0.29, 0.717) is 68.3 Å². The van der Waals surface area contributed by atoms with Crippen molar-refractivity contribution in [2.75, 3.05) is 45.3 Å². The summed E-state index contributed by atoms with van der Waals surface area (Å²) in [6, 6.07) is 0.457. The van der Waals surface area contributed by atoms with Crippen molar-refractivity contribution < 1.29 is 37.4 Å². The SMILES string of the molecule is COC(=O)N[C@@H](C(=O)N1CCC[C@H]1c1ncc(-c2cc(F)c(N3CCC(c4cnc([C@@H]5CCCN5C(=O)[C@H](NC(=O)OC)C(C)C)[nH]4)CC3)c(F)c2)[nH]1)C(C)C. The molecule has 0 aliphatic carbocycles. The Hall–Kier alpha value is -5.22. The Balaban J connectivity index is 1.09. The van der Waals surface area contributed by atoms with Gasteiger partial charge in [-0.2, -0.15) is 0 Å². The molecule has 2 aromatic heterocycles. The first-order chi connectivity index (χ1) is 26.8. The summed E-state index contributed by atoms with van der Waals surface area (Å²) in [7, 11) is 2.51. The number of nitrogens with zero attached hydrogens (tertiary/aromatic N) is 5. The molecule has 0 spiro atoms. The molecule has 17 heteroatoms. The second-order valence-electron chi connectivity index (χ2n) is 15.6. The molecule has 0 radical (unpaired) electrons. The van der Waals surface area contributed by atoms with E-state index in [-0.39, 0.29) is 47.3 Å². The fourth-order valence-electron chi connectivity index (χ4n) is 8.20. The number of halogens is 2. The van der Waals surface area contributed by atoms with Crippen LogP contribution in [-0.2, 0) is 19.1 Å². The van der Waals surface area contributed by atoms with Crippen LogP contribution in [0.2, 0.25) is 0 Å². The van der Waals surface area contributed by atoms with Gasteiger partial charge < -0.3 is 44.8 Å². The number of carbonyl (C=O) groups excluding carboxylic acids is 4. The number of anilines is 1. The lowest BCUT2D eigenvalue weighted by Crippen LogP contribution is -2.51. The van der Waals surface area contributed by atoms with E-state index in [4.69, 9.17) is 9.47 Å². The summed E-state index contributed by atoms with van der Waals surface area (Å²) in [6.07, 6.45) is 6.18. The lowest BCUT2D eigenvalue weighted by atomic mass is 9.93. The number of rotatable bonds is 11. The summed E-state index contributed by atoms with van der Waals surface area (Å²) < 4.78 is 41.0. The minimum Gasteiger partial charge on any atom is -0.453 e. The molecular weight excluding hydrogens is 728 g/mol. The molecule has 3 saturated heterocycles. The van der Waals surface area contributed by atoms with Crippen LogP contribution in [-0.4, -0.2) is 106 Å². The molecule has 4 N–H and O–H groups in total. The molecule has 0 unspecified atom stereocenters. The zero-order chi connectivity index (χ0) is 40.3. The number of nitrogens with one attached hydrogen (secondary N) is 4. The van der Waals surface area contributed by atoms with Crippen molar-refractivity contribution in [2.24, 2.45) is 11.8 Å². The number of aromatic amines is 2. The zero-order valence-corrected chi connectivity index (χ0v) is 32.9. The third kappa shape index (κ3) is 8.45. The summed E-state index contributed by atoms with van der Waals surface area (Å²) in [5.74, 6) is -0.839. The predicted octanol–water partition coefficient (Wildman–Crippen LogP) is 5.55. The van der Waals surface area contributed by atoms with E-state index < -0.39 is 35.9 Å². The highest BCUT2D eigenvalue weighted by molar-refractivity contribution is 5.87. The number of hydrogen-bond donors (Lipinski definition) is 4. The largest absolute Gasteiger partial charge is 0.453 e. The highest BCUT2D eigenvalue weighted by atomic mass is 19.1.